The lowest BCUT2D eigenvalue weighted by Gasteiger charge is -2.31. The summed E-state index contributed by atoms with van der Waals surface area (Å²) in [4.78, 5) is 24.2. The Morgan fingerprint density at radius 2 is 1.94 bits per heavy atom. The fraction of sp³-hybridized carbons (Fsp3) is 0.250. The Hall–Kier alpha value is -3.61. The molecule has 0 spiro atoms. The molecule has 156 valence electrons. The Labute approximate surface area is 178 Å². The fourth-order valence-corrected chi connectivity index (χ4v) is 4.08. The molecule has 6 nitrogen and oxygen atoms in total. The minimum atomic E-state index is -0.313. The molecule has 1 fully saturated rings. The van der Waals surface area contributed by atoms with E-state index >= 15 is 0 Å². The highest BCUT2D eigenvalue weighted by Crippen LogP contribution is 2.29. The van der Waals surface area contributed by atoms with Crippen LogP contribution < -0.4 is 0 Å². The summed E-state index contributed by atoms with van der Waals surface area (Å²) >= 11 is 0. The SMILES string of the molecule is Cc1nc2ccccc2cc1C(=O)N1CCCC(c2nc(-c3ccc(F)cc3)no2)C1. The number of benzene rings is 2. The maximum atomic E-state index is 13.3. The Kier molecular flexibility index (Phi) is 4.94. The molecule has 2 aromatic heterocycles. The van der Waals surface area contributed by atoms with Crippen molar-refractivity contribution in [2.75, 3.05) is 13.1 Å². The van der Waals surface area contributed by atoms with E-state index in [0.717, 1.165) is 29.4 Å². The van der Waals surface area contributed by atoms with E-state index in [1.54, 1.807) is 12.1 Å². The Bertz CT molecular complexity index is 1250. The van der Waals surface area contributed by atoms with Crippen LogP contribution in [0, 0.1) is 12.7 Å². The van der Waals surface area contributed by atoms with Gasteiger partial charge in [-0.15, -0.1) is 0 Å². The number of aryl methyl sites for hydroxylation is 1. The zero-order chi connectivity index (χ0) is 21.4. The number of likely N-dealkylation sites (tertiary alicyclic amines) is 1. The summed E-state index contributed by atoms with van der Waals surface area (Å²) in [5.74, 6) is 0.553. The predicted octanol–water partition coefficient (Wildman–Crippen LogP) is 4.75. The number of rotatable bonds is 3. The normalized spacial score (nSPS) is 16.6. The molecular weight excluding hydrogens is 395 g/mol. The van der Waals surface area contributed by atoms with Gasteiger partial charge in [-0.25, -0.2) is 4.39 Å². The van der Waals surface area contributed by atoms with Crippen molar-refractivity contribution in [1.29, 1.82) is 0 Å². The summed E-state index contributed by atoms with van der Waals surface area (Å²) < 4.78 is 18.7. The number of hydrogen-bond acceptors (Lipinski definition) is 5. The van der Waals surface area contributed by atoms with Crippen LogP contribution in [0.5, 0.6) is 0 Å². The number of piperidine rings is 1. The number of fused-ring (bicyclic) bond motifs is 1. The van der Waals surface area contributed by atoms with E-state index in [1.807, 2.05) is 42.2 Å². The highest BCUT2D eigenvalue weighted by Gasteiger charge is 2.30. The summed E-state index contributed by atoms with van der Waals surface area (Å²) in [7, 11) is 0. The first-order chi connectivity index (χ1) is 15.1. The van der Waals surface area contributed by atoms with Crippen molar-refractivity contribution in [3.63, 3.8) is 0 Å². The maximum Gasteiger partial charge on any atom is 0.255 e. The van der Waals surface area contributed by atoms with Gasteiger partial charge in [-0.1, -0.05) is 23.4 Å². The summed E-state index contributed by atoms with van der Waals surface area (Å²) in [5, 5.41) is 5.00. The van der Waals surface area contributed by atoms with Gasteiger partial charge in [0.2, 0.25) is 11.7 Å². The van der Waals surface area contributed by atoms with Crippen molar-refractivity contribution in [3.05, 3.63) is 77.6 Å². The average molecular weight is 416 g/mol. The third-order valence-corrected chi connectivity index (χ3v) is 5.75. The van der Waals surface area contributed by atoms with Gasteiger partial charge in [-0.05, 0) is 56.2 Å². The van der Waals surface area contributed by atoms with E-state index in [0.29, 0.717) is 35.9 Å². The summed E-state index contributed by atoms with van der Waals surface area (Å²) in [5.41, 5.74) is 2.92. The van der Waals surface area contributed by atoms with Crippen molar-refractivity contribution in [1.82, 2.24) is 20.0 Å². The molecule has 7 heteroatoms. The van der Waals surface area contributed by atoms with Crippen LogP contribution in [-0.2, 0) is 0 Å². The number of carbonyl (C=O) groups is 1. The third kappa shape index (κ3) is 3.79. The van der Waals surface area contributed by atoms with E-state index < -0.39 is 0 Å². The van der Waals surface area contributed by atoms with Crippen molar-refractivity contribution in [2.24, 2.45) is 0 Å². The number of amides is 1. The molecule has 5 rings (SSSR count). The smallest absolute Gasteiger partial charge is 0.255 e. The highest BCUT2D eigenvalue weighted by atomic mass is 19.1. The molecular formula is C24H21FN4O2. The van der Waals surface area contributed by atoms with Crippen LogP contribution >= 0.6 is 0 Å². The number of hydrogen-bond donors (Lipinski definition) is 0. The third-order valence-electron chi connectivity index (χ3n) is 5.75. The fourth-order valence-electron chi connectivity index (χ4n) is 4.08. The second-order valence-corrected chi connectivity index (χ2v) is 7.87. The number of para-hydroxylation sites is 1. The van der Waals surface area contributed by atoms with Crippen molar-refractivity contribution >= 4 is 16.8 Å². The Balaban J connectivity index is 1.36. The number of nitrogens with zero attached hydrogens (tertiary/aromatic N) is 4. The Morgan fingerprint density at radius 3 is 2.77 bits per heavy atom. The molecule has 2 aromatic carbocycles. The van der Waals surface area contributed by atoms with Gasteiger partial charge >= 0.3 is 0 Å². The van der Waals surface area contributed by atoms with Crippen LogP contribution in [0.25, 0.3) is 22.3 Å². The van der Waals surface area contributed by atoms with E-state index in [1.165, 1.54) is 12.1 Å². The van der Waals surface area contributed by atoms with Gasteiger partial charge in [0.15, 0.2) is 0 Å². The molecule has 1 saturated heterocycles. The van der Waals surface area contributed by atoms with Gasteiger partial charge in [-0.2, -0.15) is 4.98 Å². The van der Waals surface area contributed by atoms with Crippen LogP contribution in [0.4, 0.5) is 4.39 Å². The molecule has 4 aromatic rings. The number of halogens is 1. The van der Waals surface area contributed by atoms with Gasteiger partial charge in [0.1, 0.15) is 5.82 Å². The van der Waals surface area contributed by atoms with Crippen LogP contribution in [0.15, 0.2) is 59.1 Å². The number of carbonyl (C=O) groups excluding carboxylic acids is 1. The van der Waals surface area contributed by atoms with E-state index in [2.05, 4.69) is 15.1 Å². The zero-order valence-electron chi connectivity index (χ0n) is 17.1. The second-order valence-electron chi connectivity index (χ2n) is 7.87. The molecule has 3 heterocycles. The topological polar surface area (TPSA) is 72.1 Å². The van der Waals surface area contributed by atoms with Crippen LogP contribution in [0.1, 0.15) is 40.7 Å². The van der Waals surface area contributed by atoms with Gasteiger partial charge in [-0.3, -0.25) is 9.78 Å². The molecule has 0 aliphatic carbocycles. The standard InChI is InChI=1S/C24H21FN4O2/c1-15-20(13-17-5-2-3-7-21(17)26-15)24(30)29-12-4-6-18(14-29)23-27-22(28-31-23)16-8-10-19(25)11-9-16/h2-3,5,7-11,13,18H,4,6,12,14H2,1H3. The lowest BCUT2D eigenvalue weighted by molar-refractivity contribution is 0.0694. The van der Waals surface area contributed by atoms with E-state index in [9.17, 15) is 9.18 Å². The first kappa shape index (κ1) is 19.4. The van der Waals surface area contributed by atoms with Crippen LogP contribution in [0.3, 0.4) is 0 Å². The molecule has 1 aliphatic heterocycles. The van der Waals surface area contributed by atoms with E-state index in [4.69, 9.17) is 4.52 Å². The number of aromatic nitrogens is 3. The Morgan fingerprint density at radius 1 is 1.13 bits per heavy atom. The van der Waals surface area contributed by atoms with Crippen LogP contribution in [0.2, 0.25) is 0 Å². The summed E-state index contributed by atoms with van der Waals surface area (Å²) in [6, 6.07) is 15.7. The zero-order valence-corrected chi connectivity index (χ0v) is 17.1. The molecule has 0 radical (unpaired) electrons. The van der Waals surface area contributed by atoms with Gasteiger partial charge in [0.25, 0.3) is 5.91 Å². The largest absolute Gasteiger partial charge is 0.339 e. The molecule has 1 amide bonds. The molecule has 1 unspecified atom stereocenters. The second kappa shape index (κ2) is 7.91. The molecule has 1 aliphatic rings. The number of pyridine rings is 1. The van der Waals surface area contributed by atoms with Crippen molar-refractivity contribution < 1.29 is 13.7 Å². The van der Waals surface area contributed by atoms with Crippen molar-refractivity contribution in [3.8, 4) is 11.4 Å². The minimum Gasteiger partial charge on any atom is -0.339 e. The van der Waals surface area contributed by atoms with Crippen molar-refractivity contribution in [2.45, 2.75) is 25.7 Å². The quantitative estimate of drug-likeness (QED) is 0.482. The summed E-state index contributed by atoms with van der Waals surface area (Å²) in [6.07, 6.45) is 1.72. The molecule has 31 heavy (non-hydrogen) atoms. The lowest BCUT2D eigenvalue weighted by Crippen LogP contribution is -2.39. The molecule has 0 N–H and O–H groups in total. The highest BCUT2D eigenvalue weighted by molar-refractivity contribution is 5.98. The maximum absolute atomic E-state index is 13.3. The van der Waals surface area contributed by atoms with Gasteiger partial charge < -0.3 is 9.42 Å². The first-order valence-electron chi connectivity index (χ1n) is 10.3. The average Bonchev–Trinajstić information content (AvgIpc) is 3.29. The van der Waals surface area contributed by atoms with E-state index in [-0.39, 0.29) is 17.6 Å². The monoisotopic (exact) mass is 416 g/mol. The predicted molar refractivity (Wildman–Crippen MR) is 114 cm³/mol. The summed E-state index contributed by atoms with van der Waals surface area (Å²) in [6.45, 7) is 3.06. The van der Waals surface area contributed by atoms with Gasteiger partial charge in [0, 0.05) is 24.0 Å². The first-order valence-corrected chi connectivity index (χ1v) is 10.3. The molecule has 1 atom stereocenters. The van der Waals surface area contributed by atoms with Gasteiger partial charge in [0.05, 0.1) is 22.7 Å². The van der Waals surface area contributed by atoms with Crippen LogP contribution in [-0.4, -0.2) is 39.0 Å². The molecule has 0 saturated carbocycles. The minimum absolute atomic E-state index is 0.0290. The lowest BCUT2D eigenvalue weighted by atomic mass is 9.97. The molecule has 0 bridgehead atoms.